The molecule has 0 radical (unpaired) electrons. The summed E-state index contributed by atoms with van der Waals surface area (Å²) in [5.74, 6) is -2.68. The third-order valence-corrected chi connectivity index (χ3v) is 14.3. The van der Waals surface area contributed by atoms with E-state index in [1.165, 1.54) is 39.9 Å². The largest absolute Gasteiger partial charge is 0.481 e. The number of carbonyl (C=O) groups is 2. The van der Waals surface area contributed by atoms with E-state index in [4.69, 9.17) is 0 Å². The Balaban J connectivity index is 0.000000141. The zero-order chi connectivity index (χ0) is 38.8. The molecule has 0 spiro atoms. The molecule has 1 amide bonds. The topological polar surface area (TPSA) is 185 Å². The molecule has 14 nitrogen and oxygen atoms in total. The van der Waals surface area contributed by atoms with E-state index in [2.05, 4.69) is 49.7 Å². The molecule has 1 aliphatic heterocycles. The van der Waals surface area contributed by atoms with Gasteiger partial charge in [0, 0.05) is 27.0 Å². The number of anilines is 4. The molecule has 3 N–H and O–H groups in total. The van der Waals surface area contributed by atoms with Gasteiger partial charge in [-0.25, -0.2) is 28.7 Å². The minimum atomic E-state index is -2.73. The Kier molecular flexibility index (Phi) is 8.94. The van der Waals surface area contributed by atoms with Crippen molar-refractivity contribution in [1.29, 1.82) is 0 Å². The molecule has 20 heteroatoms. The number of aliphatic carboxylic acids is 1. The standard InChI is InChI=1S/C20H16F2N6OS2.C17H13N5O2S2/c21-20(22)7-28(8-20)19(29)10-1-3-12-14(5-10)30-18-16(12)17(23-9-24-18)25-11-2-4-13-15(6-11)31-27-26-13;23-17(24)8-1-3-10-12(5-8)25-16-14(10)15(18-7-19-16)20-9-2-4-11-13(6-9)26-22-21-11/h2,4,6,9-10H,1,3,5,7-8H2,(H,23,24,25);2,4,6-8H,1,3,5H2,(H,23,24)(H,18,19,20)/t10-;8-/m00/s1. The van der Waals surface area contributed by atoms with Crippen LogP contribution in [-0.4, -0.2) is 80.0 Å². The molecular formula is C37H29F2N11O3S4. The number of carboxylic acids is 1. The van der Waals surface area contributed by atoms with Gasteiger partial charge in [-0.3, -0.25) is 9.59 Å². The quantitative estimate of drug-likeness (QED) is 0.148. The van der Waals surface area contributed by atoms with Gasteiger partial charge in [0.25, 0.3) is 5.92 Å². The fourth-order valence-corrected chi connectivity index (χ4v) is 11.5. The van der Waals surface area contributed by atoms with Gasteiger partial charge in [-0.05, 0) is 109 Å². The molecule has 57 heavy (non-hydrogen) atoms. The highest BCUT2D eigenvalue weighted by Crippen LogP contribution is 2.43. The average molecular weight is 842 g/mol. The van der Waals surface area contributed by atoms with Crippen LogP contribution in [0.4, 0.5) is 31.8 Å². The van der Waals surface area contributed by atoms with Crippen LogP contribution in [0.1, 0.15) is 33.7 Å². The Bertz CT molecular complexity index is 2870. The average Bonchev–Trinajstić information content (AvgIpc) is 4.01. The lowest BCUT2D eigenvalue weighted by molar-refractivity contribution is -0.169. The molecule has 2 aromatic carbocycles. The van der Waals surface area contributed by atoms with Crippen molar-refractivity contribution in [3.63, 3.8) is 0 Å². The molecule has 8 aromatic rings. The lowest BCUT2D eigenvalue weighted by atomic mass is 9.86. The number of halogens is 2. The van der Waals surface area contributed by atoms with Crippen molar-refractivity contribution in [3.8, 4) is 0 Å². The Morgan fingerprint density at radius 1 is 0.737 bits per heavy atom. The van der Waals surface area contributed by atoms with Gasteiger partial charge in [0.2, 0.25) is 5.91 Å². The number of likely N-dealkylation sites (tertiary alicyclic amines) is 1. The van der Waals surface area contributed by atoms with Gasteiger partial charge < -0.3 is 20.6 Å². The predicted octanol–water partition coefficient (Wildman–Crippen LogP) is 7.65. The maximum absolute atomic E-state index is 13.2. The normalized spacial score (nSPS) is 18.5. The number of hydrogen-bond donors (Lipinski definition) is 3. The zero-order valence-corrected chi connectivity index (χ0v) is 32.9. The van der Waals surface area contributed by atoms with E-state index in [0.29, 0.717) is 32.1 Å². The summed E-state index contributed by atoms with van der Waals surface area (Å²) in [6, 6.07) is 11.7. The van der Waals surface area contributed by atoms with E-state index in [0.717, 1.165) is 85.6 Å². The minimum absolute atomic E-state index is 0.162. The minimum Gasteiger partial charge on any atom is -0.481 e. The number of hydrogen-bond acceptors (Lipinski definition) is 16. The van der Waals surface area contributed by atoms with Crippen molar-refractivity contribution in [2.45, 2.75) is 44.4 Å². The Hall–Kier alpha value is -5.44. The van der Waals surface area contributed by atoms with Crippen molar-refractivity contribution in [3.05, 3.63) is 69.9 Å². The number of carboxylic acid groups (broad SMARTS) is 1. The number of benzene rings is 2. The van der Waals surface area contributed by atoms with E-state index < -0.39 is 25.0 Å². The first-order chi connectivity index (χ1) is 27.7. The molecule has 288 valence electrons. The second-order valence-corrected chi connectivity index (χ2v) is 18.0. The van der Waals surface area contributed by atoms with Gasteiger partial charge in [-0.2, -0.15) is 0 Å². The van der Waals surface area contributed by atoms with E-state index >= 15 is 0 Å². The van der Waals surface area contributed by atoms with Crippen molar-refractivity contribution in [1.82, 2.24) is 44.0 Å². The fraction of sp³-hybridized carbons (Fsp3) is 0.297. The summed E-state index contributed by atoms with van der Waals surface area (Å²) in [5, 5.41) is 26.2. The van der Waals surface area contributed by atoms with E-state index in [-0.39, 0.29) is 17.7 Å². The van der Waals surface area contributed by atoms with Crippen LogP contribution in [0, 0.1) is 11.8 Å². The predicted molar refractivity (Wildman–Crippen MR) is 216 cm³/mol. The zero-order valence-electron chi connectivity index (χ0n) is 29.6. The number of thiophene rings is 2. The molecular weight excluding hydrogens is 813 g/mol. The van der Waals surface area contributed by atoms with E-state index in [9.17, 15) is 23.5 Å². The highest BCUT2D eigenvalue weighted by Gasteiger charge is 2.48. The maximum atomic E-state index is 13.2. The number of nitrogens with one attached hydrogen (secondary N) is 2. The Morgan fingerprint density at radius 2 is 1.25 bits per heavy atom. The first kappa shape index (κ1) is 35.9. The van der Waals surface area contributed by atoms with Crippen LogP contribution in [-0.2, 0) is 35.3 Å². The molecule has 0 saturated carbocycles. The highest BCUT2D eigenvalue weighted by atomic mass is 32.1. The molecule has 2 aliphatic carbocycles. The van der Waals surface area contributed by atoms with Gasteiger partial charge in [0.1, 0.15) is 45.0 Å². The van der Waals surface area contributed by atoms with Gasteiger partial charge in [0.15, 0.2) is 0 Å². The lowest BCUT2D eigenvalue weighted by Gasteiger charge is -2.41. The van der Waals surface area contributed by atoms with Gasteiger partial charge in [0.05, 0.1) is 39.2 Å². The molecule has 11 rings (SSSR count). The van der Waals surface area contributed by atoms with Crippen LogP contribution in [0.3, 0.4) is 0 Å². The molecule has 3 aliphatic rings. The molecule has 6 aromatic heterocycles. The molecule has 0 bridgehead atoms. The lowest BCUT2D eigenvalue weighted by Crippen LogP contribution is -2.60. The summed E-state index contributed by atoms with van der Waals surface area (Å²) in [7, 11) is 0. The Labute approximate surface area is 337 Å². The van der Waals surface area contributed by atoms with Crippen LogP contribution < -0.4 is 10.6 Å². The fourth-order valence-electron chi connectivity index (χ4n) is 7.74. The third kappa shape index (κ3) is 6.78. The second kappa shape index (κ2) is 14.2. The van der Waals surface area contributed by atoms with Gasteiger partial charge in [-0.15, -0.1) is 32.9 Å². The number of rotatable bonds is 6. The number of carbonyl (C=O) groups excluding carboxylic acids is 1. The maximum Gasteiger partial charge on any atom is 0.306 e. The summed E-state index contributed by atoms with van der Waals surface area (Å²) in [6.45, 7) is -0.915. The Morgan fingerprint density at radius 3 is 1.75 bits per heavy atom. The van der Waals surface area contributed by atoms with Crippen LogP contribution in [0.15, 0.2) is 49.1 Å². The van der Waals surface area contributed by atoms with Crippen molar-refractivity contribution in [2.75, 3.05) is 23.7 Å². The molecule has 2 atom stereocenters. The molecule has 7 heterocycles. The number of fused-ring (bicyclic) bond motifs is 8. The number of nitrogens with zero attached hydrogens (tertiary/aromatic N) is 9. The third-order valence-electron chi connectivity index (χ3n) is 10.6. The SMILES string of the molecule is O=C(O)[C@H]1CCc2c(sc3ncnc(Nc4ccc5nnsc5c4)c23)C1.O=C([C@H]1CCc2c(sc3ncnc(Nc4ccc5nnsc5c4)c23)C1)N1CC(F)(F)C1. The molecule has 1 saturated heterocycles. The molecule has 0 unspecified atom stereocenters. The monoisotopic (exact) mass is 841 g/mol. The van der Waals surface area contributed by atoms with Crippen molar-refractivity contribution < 1.29 is 23.5 Å². The highest BCUT2D eigenvalue weighted by molar-refractivity contribution is 7.19. The molecule has 1 fully saturated rings. The summed E-state index contributed by atoms with van der Waals surface area (Å²) in [6.07, 6.45) is 6.96. The number of aromatic nitrogens is 8. The van der Waals surface area contributed by atoms with Gasteiger partial charge >= 0.3 is 5.97 Å². The van der Waals surface area contributed by atoms with E-state index in [1.807, 2.05) is 36.4 Å². The van der Waals surface area contributed by atoms with Crippen LogP contribution in [0.5, 0.6) is 0 Å². The number of aryl methyl sites for hydroxylation is 2. The van der Waals surface area contributed by atoms with Crippen LogP contribution in [0.25, 0.3) is 40.9 Å². The first-order valence-corrected chi connectivity index (χ1v) is 21.2. The van der Waals surface area contributed by atoms with Crippen molar-refractivity contribution >= 4 is 121 Å². The van der Waals surface area contributed by atoms with Crippen molar-refractivity contribution in [2.24, 2.45) is 11.8 Å². The number of alkyl halides is 2. The summed E-state index contributed by atoms with van der Waals surface area (Å²) in [5.41, 5.74) is 5.88. The summed E-state index contributed by atoms with van der Waals surface area (Å²) in [4.78, 5) is 47.0. The van der Waals surface area contributed by atoms with E-state index in [1.54, 1.807) is 29.0 Å². The smallest absolute Gasteiger partial charge is 0.306 e. The summed E-state index contributed by atoms with van der Waals surface area (Å²) >= 11 is 5.83. The summed E-state index contributed by atoms with van der Waals surface area (Å²) < 4.78 is 36.3. The van der Waals surface area contributed by atoms with Crippen LogP contribution >= 0.6 is 45.7 Å². The first-order valence-electron chi connectivity index (χ1n) is 18.0. The number of amides is 1. The van der Waals surface area contributed by atoms with Gasteiger partial charge in [-0.1, -0.05) is 8.98 Å². The second-order valence-electron chi connectivity index (χ2n) is 14.2. The van der Waals surface area contributed by atoms with Crippen LogP contribution in [0.2, 0.25) is 0 Å².